The molecular weight excluding hydrogens is 319 g/mol. The smallest absolute Gasteiger partial charge is 0.313 e. The fraction of sp³-hybridized carbons (Fsp3) is 0.231. The van der Waals surface area contributed by atoms with Crippen LogP contribution in [0.2, 0.25) is 10.0 Å². The predicted molar refractivity (Wildman–Crippen MR) is 81.3 cm³/mol. The van der Waals surface area contributed by atoms with Crippen LogP contribution in [0, 0.1) is 0 Å². The van der Waals surface area contributed by atoms with Gasteiger partial charge in [-0.3, -0.25) is 9.36 Å². The number of imidazole rings is 1. The lowest BCUT2D eigenvalue weighted by Gasteiger charge is -2.13. The Balaban J connectivity index is 2.50. The van der Waals surface area contributed by atoms with E-state index >= 15 is 0 Å². The summed E-state index contributed by atoms with van der Waals surface area (Å²) >= 11 is 13.4. The molecule has 1 aromatic heterocycles. The molecule has 1 heterocycles. The zero-order valence-electron chi connectivity index (χ0n) is 10.6. The molecule has 0 aliphatic rings. The normalized spacial score (nSPS) is 10.8. The molecule has 2 aromatic rings. The number of aliphatic carboxylic acids is 1. The molecule has 0 saturated carbocycles. The first kappa shape index (κ1) is 15.2. The third-order valence-corrected chi connectivity index (χ3v) is 4.41. The minimum Gasteiger partial charge on any atom is -0.481 e. The molecule has 0 atom stereocenters. The number of halogens is 2. The zero-order valence-corrected chi connectivity index (χ0v) is 13.0. The Labute approximate surface area is 130 Å². The Morgan fingerprint density at radius 3 is 2.85 bits per heavy atom. The van der Waals surface area contributed by atoms with Crippen LogP contribution in [0.25, 0.3) is 5.69 Å². The maximum atomic E-state index is 10.7. The second-order valence-corrected chi connectivity index (χ2v) is 5.70. The molecule has 0 saturated heterocycles. The largest absolute Gasteiger partial charge is 0.481 e. The Morgan fingerprint density at radius 1 is 1.45 bits per heavy atom. The molecule has 0 aliphatic heterocycles. The summed E-state index contributed by atoms with van der Waals surface area (Å²) in [6.45, 7) is 2.00. The van der Waals surface area contributed by atoms with Gasteiger partial charge in [0.1, 0.15) is 0 Å². The molecule has 0 fully saturated rings. The summed E-state index contributed by atoms with van der Waals surface area (Å²) in [5.41, 5.74) is 1.66. The number of aromatic nitrogens is 2. The molecule has 0 unspecified atom stereocenters. The second kappa shape index (κ2) is 6.52. The van der Waals surface area contributed by atoms with Crippen LogP contribution in [0.3, 0.4) is 0 Å². The van der Waals surface area contributed by atoms with Crippen LogP contribution in [0.15, 0.2) is 29.6 Å². The van der Waals surface area contributed by atoms with Crippen LogP contribution < -0.4 is 0 Å². The minimum absolute atomic E-state index is 0.0572. The topological polar surface area (TPSA) is 55.1 Å². The first-order chi connectivity index (χ1) is 9.54. The lowest BCUT2D eigenvalue weighted by Crippen LogP contribution is -2.04. The number of thioether (sulfide) groups is 1. The van der Waals surface area contributed by atoms with Crippen molar-refractivity contribution in [1.29, 1.82) is 0 Å². The summed E-state index contributed by atoms with van der Waals surface area (Å²) in [5.74, 6) is -0.946. The SMILES string of the molecule is CCc1cnc(SCC(=O)O)n1-c1cccc(Cl)c1Cl. The quantitative estimate of drug-likeness (QED) is 0.844. The predicted octanol–water partition coefficient (Wildman–Crippen LogP) is 3.92. The van der Waals surface area contributed by atoms with Crippen molar-refractivity contribution >= 4 is 40.9 Å². The van der Waals surface area contributed by atoms with Crippen molar-refractivity contribution in [3.8, 4) is 5.69 Å². The van der Waals surface area contributed by atoms with Crippen molar-refractivity contribution in [2.45, 2.75) is 18.5 Å². The van der Waals surface area contributed by atoms with Gasteiger partial charge in [0.25, 0.3) is 0 Å². The maximum Gasteiger partial charge on any atom is 0.313 e. The summed E-state index contributed by atoms with van der Waals surface area (Å²) in [7, 11) is 0. The average Bonchev–Trinajstić information content (AvgIpc) is 2.82. The van der Waals surface area contributed by atoms with Gasteiger partial charge >= 0.3 is 5.97 Å². The first-order valence-corrected chi connectivity index (χ1v) is 7.64. The number of rotatable bonds is 5. The van der Waals surface area contributed by atoms with Gasteiger partial charge in [-0.2, -0.15) is 0 Å². The summed E-state index contributed by atoms with van der Waals surface area (Å²) in [6.07, 6.45) is 2.48. The van der Waals surface area contributed by atoms with Crippen molar-refractivity contribution in [2.24, 2.45) is 0 Å². The molecular formula is C13H12Cl2N2O2S. The molecule has 4 nitrogen and oxygen atoms in total. The molecule has 7 heteroatoms. The summed E-state index contributed by atoms with van der Waals surface area (Å²) < 4.78 is 1.85. The average molecular weight is 331 g/mol. The van der Waals surface area contributed by atoms with Crippen LogP contribution in [0.1, 0.15) is 12.6 Å². The minimum atomic E-state index is -0.889. The monoisotopic (exact) mass is 330 g/mol. The van der Waals surface area contributed by atoms with Crippen LogP contribution in [-0.4, -0.2) is 26.4 Å². The molecule has 0 amide bonds. The molecule has 2 rings (SSSR count). The van der Waals surface area contributed by atoms with E-state index in [2.05, 4.69) is 4.98 Å². The van der Waals surface area contributed by atoms with E-state index in [1.165, 1.54) is 0 Å². The van der Waals surface area contributed by atoms with Gasteiger partial charge in [-0.1, -0.05) is 48.0 Å². The third kappa shape index (κ3) is 3.11. The highest BCUT2D eigenvalue weighted by Crippen LogP contribution is 2.32. The number of carboxylic acids is 1. The molecule has 0 bridgehead atoms. The number of benzene rings is 1. The van der Waals surface area contributed by atoms with E-state index in [9.17, 15) is 4.79 Å². The van der Waals surface area contributed by atoms with Crippen LogP contribution in [-0.2, 0) is 11.2 Å². The molecule has 0 radical (unpaired) electrons. The van der Waals surface area contributed by atoms with Crippen molar-refractivity contribution in [3.63, 3.8) is 0 Å². The van der Waals surface area contributed by atoms with Gasteiger partial charge in [-0.05, 0) is 18.6 Å². The fourth-order valence-electron chi connectivity index (χ4n) is 1.77. The van der Waals surface area contributed by atoms with Crippen molar-refractivity contribution < 1.29 is 9.90 Å². The van der Waals surface area contributed by atoms with E-state index in [-0.39, 0.29) is 5.75 Å². The number of hydrogen-bond donors (Lipinski definition) is 1. The van der Waals surface area contributed by atoms with E-state index in [4.69, 9.17) is 28.3 Å². The fourth-order valence-corrected chi connectivity index (χ4v) is 2.87. The van der Waals surface area contributed by atoms with E-state index in [0.717, 1.165) is 23.9 Å². The molecule has 1 N–H and O–H groups in total. The Kier molecular flexibility index (Phi) is 4.96. The number of hydrogen-bond acceptors (Lipinski definition) is 3. The number of carboxylic acid groups (broad SMARTS) is 1. The molecule has 106 valence electrons. The Bertz CT molecular complexity index is 643. The maximum absolute atomic E-state index is 10.7. The second-order valence-electron chi connectivity index (χ2n) is 3.98. The number of nitrogens with zero attached hydrogens (tertiary/aromatic N) is 2. The highest BCUT2D eigenvalue weighted by molar-refractivity contribution is 7.99. The third-order valence-electron chi connectivity index (χ3n) is 2.66. The van der Waals surface area contributed by atoms with Crippen LogP contribution >= 0.6 is 35.0 Å². The van der Waals surface area contributed by atoms with Crippen molar-refractivity contribution in [3.05, 3.63) is 40.1 Å². The summed E-state index contributed by atoms with van der Waals surface area (Å²) in [5, 5.41) is 10.3. The molecule has 0 spiro atoms. The Hall–Kier alpha value is -1.17. The zero-order chi connectivity index (χ0) is 14.7. The van der Waals surface area contributed by atoms with Gasteiger partial charge in [0, 0.05) is 11.9 Å². The summed E-state index contributed by atoms with van der Waals surface area (Å²) in [6, 6.07) is 5.34. The van der Waals surface area contributed by atoms with Gasteiger partial charge < -0.3 is 5.11 Å². The molecule has 1 aromatic carbocycles. The van der Waals surface area contributed by atoms with E-state index in [1.54, 1.807) is 18.3 Å². The number of carbonyl (C=O) groups is 1. The van der Waals surface area contributed by atoms with Crippen LogP contribution in [0.5, 0.6) is 0 Å². The lowest BCUT2D eigenvalue weighted by molar-refractivity contribution is -0.133. The van der Waals surface area contributed by atoms with E-state index in [0.29, 0.717) is 20.9 Å². The van der Waals surface area contributed by atoms with E-state index in [1.807, 2.05) is 17.6 Å². The van der Waals surface area contributed by atoms with Gasteiger partial charge in [-0.15, -0.1) is 0 Å². The van der Waals surface area contributed by atoms with Crippen molar-refractivity contribution in [2.75, 3.05) is 5.75 Å². The highest BCUT2D eigenvalue weighted by Gasteiger charge is 2.16. The summed E-state index contributed by atoms with van der Waals surface area (Å²) in [4.78, 5) is 15.0. The lowest BCUT2D eigenvalue weighted by atomic mass is 10.3. The number of aryl methyl sites for hydroxylation is 1. The van der Waals surface area contributed by atoms with Gasteiger partial charge in [0.15, 0.2) is 5.16 Å². The van der Waals surface area contributed by atoms with Crippen molar-refractivity contribution in [1.82, 2.24) is 9.55 Å². The molecule has 0 aliphatic carbocycles. The first-order valence-electron chi connectivity index (χ1n) is 5.90. The highest BCUT2D eigenvalue weighted by atomic mass is 35.5. The van der Waals surface area contributed by atoms with Crippen LogP contribution in [0.4, 0.5) is 0 Å². The van der Waals surface area contributed by atoms with Gasteiger partial charge in [0.2, 0.25) is 0 Å². The standard InChI is InChI=1S/C13H12Cl2N2O2S/c1-2-8-6-16-13(20-7-11(18)19)17(8)10-5-3-4-9(14)12(10)15/h3-6H,2,7H2,1H3,(H,18,19). The van der Waals surface area contributed by atoms with Gasteiger partial charge in [0.05, 0.1) is 21.5 Å². The van der Waals surface area contributed by atoms with Gasteiger partial charge in [-0.25, -0.2) is 4.98 Å². The Morgan fingerprint density at radius 2 is 2.20 bits per heavy atom. The molecule has 20 heavy (non-hydrogen) atoms. The van der Waals surface area contributed by atoms with E-state index < -0.39 is 5.97 Å².